The Bertz CT molecular complexity index is 241. The highest BCUT2D eigenvalue weighted by Gasteiger charge is 2.37. The standard InChI is InChI=1S/C14H27NO3/c16-8-2-5-13-4-1-7-15(13)10-14(11-17)6-3-9-18-12-14/h13,16-17H,1-12H2. The Hall–Kier alpha value is -0.160. The van der Waals surface area contributed by atoms with Gasteiger partial charge in [-0.1, -0.05) is 0 Å². The molecule has 2 unspecified atom stereocenters. The number of aliphatic hydroxyl groups is 2. The molecule has 0 spiro atoms. The summed E-state index contributed by atoms with van der Waals surface area (Å²) in [7, 11) is 0. The molecule has 2 rings (SSSR count). The summed E-state index contributed by atoms with van der Waals surface area (Å²) in [6.07, 6.45) is 6.60. The molecule has 2 heterocycles. The van der Waals surface area contributed by atoms with E-state index in [1.165, 1.54) is 12.8 Å². The smallest absolute Gasteiger partial charge is 0.0556 e. The SMILES string of the molecule is OCCCC1CCCN1CC1(CO)CCCOC1. The molecule has 2 fully saturated rings. The van der Waals surface area contributed by atoms with Crippen molar-refractivity contribution < 1.29 is 14.9 Å². The van der Waals surface area contributed by atoms with E-state index in [4.69, 9.17) is 9.84 Å². The molecule has 4 nitrogen and oxygen atoms in total. The molecule has 18 heavy (non-hydrogen) atoms. The molecular formula is C14H27NO3. The molecular weight excluding hydrogens is 230 g/mol. The molecule has 0 bridgehead atoms. The summed E-state index contributed by atoms with van der Waals surface area (Å²) in [6, 6.07) is 0.600. The van der Waals surface area contributed by atoms with Gasteiger partial charge in [0.1, 0.15) is 0 Å². The van der Waals surface area contributed by atoms with E-state index >= 15 is 0 Å². The lowest BCUT2D eigenvalue weighted by atomic mass is 9.82. The Morgan fingerprint density at radius 1 is 1.28 bits per heavy atom. The normalized spacial score (nSPS) is 34.0. The fourth-order valence-corrected chi connectivity index (χ4v) is 3.40. The van der Waals surface area contributed by atoms with E-state index in [2.05, 4.69) is 4.90 Å². The lowest BCUT2D eigenvalue weighted by Crippen LogP contribution is -2.47. The van der Waals surface area contributed by atoms with Gasteiger partial charge < -0.3 is 14.9 Å². The summed E-state index contributed by atoms with van der Waals surface area (Å²) in [5.41, 5.74) is -0.0416. The van der Waals surface area contributed by atoms with Crippen LogP contribution in [0.2, 0.25) is 0 Å². The number of hydrogen-bond acceptors (Lipinski definition) is 4. The molecule has 0 aromatic heterocycles. The van der Waals surface area contributed by atoms with Crippen LogP contribution in [0.5, 0.6) is 0 Å². The van der Waals surface area contributed by atoms with E-state index in [1.807, 2.05) is 0 Å². The van der Waals surface area contributed by atoms with Gasteiger partial charge in [-0.15, -0.1) is 0 Å². The van der Waals surface area contributed by atoms with Crippen LogP contribution >= 0.6 is 0 Å². The summed E-state index contributed by atoms with van der Waals surface area (Å²) in [6.45, 7) is 4.16. The van der Waals surface area contributed by atoms with E-state index in [-0.39, 0.29) is 12.0 Å². The fourth-order valence-electron chi connectivity index (χ4n) is 3.40. The van der Waals surface area contributed by atoms with Crippen molar-refractivity contribution in [1.29, 1.82) is 0 Å². The third kappa shape index (κ3) is 3.44. The van der Waals surface area contributed by atoms with Crippen molar-refractivity contribution >= 4 is 0 Å². The van der Waals surface area contributed by atoms with Crippen LogP contribution in [0.4, 0.5) is 0 Å². The monoisotopic (exact) mass is 257 g/mol. The number of rotatable bonds is 6. The van der Waals surface area contributed by atoms with Crippen LogP contribution in [0, 0.1) is 5.41 Å². The second-order valence-electron chi connectivity index (χ2n) is 5.95. The lowest BCUT2D eigenvalue weighted by molar-refractivity contribution is -0.0574. The summed E-state index contributed by atoms with van der Waals surface area (Å²) < 4.78 is 5.58. The van der Waals surface area contributed by atoms with Crippen LogP contribution in [-0.4, -0.2) is 60.7 Å². The van der Waals surface area contributed by atoms with E-state index in [0.29, 0.717) is 19.3 Å². The summed E-state index contributed by atoms with van der Waals surface area (Å²) in [5.74, 6) is 0. The Balaban J connectivity index is 1.89. The maximum atomic E-state index is 9.72. The van der Waals surface area contributed by atoms with Crippen molar-refractivity contribution in [3.05, 3.63) is 0 Å². The van der Waals surface area contributed by atoms with E-state index < -0.39 is 0 Å². The van der Waals surface area contributed by atoms with Crippen molar-refractivity contribution in [3.8, 4) is 0 Å². The van der Waals surface area contributed by atoms with Crippen LogP contribution in [0.3, 0.4) is 0 Å². The highest BCUT2D eigenvalue weighted by molar-refractivity contribution is 4.89. The third-order valence-corrected chi connectivity index (χ3v) is 4.47. The minimum Gasteiger partial charge on any atom is -0.396 e. The number of hydrogen-bond donors (Lipinski definition) is 2. The molecule has 2 aliphatic rings. The lowest BCUT2D eigenvalue weighted by Gasteiger charge is -2.40. The molecule has 0 aromatic rings. The van der Waals surface area contributed by atoms with Gasteiger partial charge in [0.25, 0.3) is 0 Å². The van der Waals surface area contributed by atoms with Crippen molar-refractivity contribution in [2.75, 3.05) is 39.5 Å². The average Bonchev–Trinajstić information content (AvgIpc) is 2.84. The van der Waals surface area contributed by atoms with Crippen LogP contribution < -0.4 is 0 Å². The minimum atomic E-state index is -0.0416. The van der Waals surface area contributed by atoms with Gasteiger partial charge in [-0.05, 0) is 45.1 Å². The zero-order valence-corrected chi connectivity index (χ0v) is 11.3. The Labute approximate surface area is 110 Å². The zero-order valence-electron chi connectivity index (χ0n) is 11.3. The second-order valence-corrected chi connectivity index (χ2v) is 5.95. The van der Waals surface area contributed by atoms with E-state index in [9.17, 15) is 5.11 Å². The van der Waals surface area contributed by atoms with E-state index in [1.54, 1.807) is 0 Å². The van der Waals surface area contributed by atoms with Gasteiger partial charge in [-0.25, -0.2) is 0 Å². The molecule has 4 heteroatoms. The molecule has 0 saturated carbocycles. The van der Waals surface area contributed by atoms with Gasteiger partial charge in [-0.3, -0.25) is 4.90 Å². The Morgan fingerprint density at radius 2 is 2.17 bits per heavy atom. The van der Waals surface area contributed by atoms with E-state index in [0.717, 1.165) is 45.4 Å². The van der Waals surface area contributed by atoms with Crippen LogP contribution in [0.1, 0.15) is 38.5 Å². The van der Waals surface area contributed by atoms with Crippen molar-refractivity contribution in [1.82, 2.24) is 4.90 Å². The maximum absolute atomic E-state index is 9.72. The first-order chi connectivity index (χ1) is 8.79. The van der Waals surface area contributed by atoms with Crippen LogP contribution in [0.25, 0.3) is 0 Å². The Morgan fingerprint density at radius 3 is 2.83 bits per heavy atom. The number of likely N-dealkylation sites (tertiary alicyclic amines) is 1. The molecule has 0 radical (unpaired) electrons. The van der Waals surface area contributed by atoms with Crippen LogP contribution in [0.15, 0.2) is 0 Å². The minimum absolute atomic E-state index is 0.0416. The summed E-state index contributed by atoms with van der Waals surface area (Å²) >= 11 is 0. The maximum Gasteiger partial charge on any atom is 0.0556 e. The number of aliphatic hydroxyl groups excluding tert-OH is 2. The largest absolute Gasteiger partial charge is 0.396 e. The number of nitrogens with zero attached hydrogens (tertiary/aromatic N) is 1. The van der Waals surface area contributed by atoms with Crippen molar-refractivity contribution in [3.63, 3.8) is 0 Å². The van der Waals surface area contributed by atoms with Crippen molar-refractivity contribution in [2.45, 2.75) is 44.6 Å². The molecule has 106 valence electrons. The predicted molar refractivity (Wildman–Crippen MR) is 70.5 cm³/mol. The number of ether oxygens (including phenoxy) is 1. The topological polar surface area (TPSA) is 52.9 Å². The molecule has 2 atom stereocenters. The van der Waals surface area contributed by atoms with Gasteiger partial charge in [0, 0.05) is 31.2 Å². The predicted octanol–water partition coefficient (Wildman–Crippen LogP) is 1.01. The summed E-state index contributed by atoms with van der Waals surface area (Å²) in [4.78, 5) is 2.51. The molecule has 0 aromatic carbocycles. The average molecular weight is 257 g/mol. The van der Waals surface area contributed by atoms with Gasteiger partial charge in [0.15, 0.2) is 0 Å². The second kappa shape index (κ2) is 6.85. The first kappa shape index (κ1) is 14.3. The molecule has 2 aliphatic heterocycles. The fraction of sp³-hybridized carbons (Fsp3) is 1.00. The highest BCUT2D eigenvalue weighted by Crippen LogP contribution is 2.32. The molecule has 0 amide bonds. The first-order valence-electron chi connectivity index (χ1n) is 7.33. The van der Waals surface area contributed by atoms with Gasteiger partial charge in [-0.2, -0.15) is 0 Å². The quantitative estimate of drug-likeness (QED) is 0.746. The zero-order chi connectivity index (χ0) is 12.8. The van der Waals surface area contributed by atoms with Gasteiger partial charge in [0.2, 0.25) is 0 Å². The molecule has 2 N–H and O–H groups in total. The molecule has 2 saturated heterocycles. The highest BCUT2D eigenvalue weighted by atomic mass is 16.5. The third-order valence-electron chi connectivity index (χ3n) is 4.47. The van der Waals surface area contributed by atoms with Crippen LogP contribution in [-0.2, 0) is 4.74 Å². The first-order valence-corrected chi connectivity index (χ1v) is 7.33. The Kier molecular flexibility index (Phi) is 5.42. The van der Waals surface area contributed by atoms with Gasteiger partial charge in [0.05, 0.1) is 13.2 Å². The summed E-state index contributed by atoms with van der Waals surface area (Å²) in [5, 5.41) is 18.7. The molecule has 0 aliphatic carbocycles. The van der Waals surface area contributed by atoms with Gasteiger partial charge >= 0.3 is 0 Å². The van der Waals surface area contributed by atoms with Crippen molar-refractivity contribution in [2.24, 2.45) is 5.41 Å².